The van der Waals surface area contributed by atoms with Crippen LogP contribution in [0.1, 0.15) is 22.3 Å². The van der Waals surface area contributed by atoms with Gasteiger partial charge in [-0.25, -0.2) is 27.5 Å². The van der Waals surface area contributed by atoms with Gasteiger partial charge >= 0.3 is 0 Å². The third-order valence-corrected chi connectivity index (χ3v) is 5.42. The van der Waals surface area contributed by atoms with E-state index in [1.807, 2.05) is 6.92 Å². The molecule has 4 rings (SSSR count). The normalized spacial score (nSPS) is 9.72. The van der Waals surface area contributed by atoms with Crippen molar-refractivity contribution in [1.29, 1.82) is 10.5 Å². The molecule has 0 aliphatic heterocycles. The van der Waals surface area contributed by atoms with Gasteiger partial charge in [0.1, 0.15) is 34.1 Å². The summed E-state index contributed by atoms with van der Waals surface area (Å²) in [7, 11) is 0. The molecule has 200 valence electrons. The van der Waals surface area contributed by atoms with Crippen molar-refractivity contribution in [3.63, 3.8) is 0 Å². The summed E-state index contributed by atoms with van der Waals surface area (Å²) in [6.45, 7) is 3.65. The number of benzene rings is 2. The number of aryl methyl sites for hydroxylation is 2. The Kier molecular flexibility index (Phi) is 11.3. The van der Waals surface area contributed by atoms with Gasteiger partial charge in [-0.2, -0.15) is 10.5 Å². The maximum atomic E-state index is 13.7. The number of nitriles is 2. The van der Waals surface area contributed by atoms with E-state index >= 15 is 0 Å². The van der Waals surface area contributed by atoms with E-state index in [0.29, 0.717) is 0 Å². The van der Waals surface area contributed by atoms with Crippen LogP contribution in [0.15, 0.2) is 48.5 Å². The molecule has 0 unspecified atom stereocenters. The van der Waals surface area contributed by atoms with Crippen molar-refractivity contribution < 1.29 is 17.6 Å². The average Bonchev–Trinajstić information content (AvgIpc) is 2.88. The summed E-state index contributed by atoms with van der Waals surface area (Å²) in [6.07, 6.45) is 0. The van der Waals surface area contributed by atoms with Crippen molar-refractivity contribution in [3.8, 4) is 12.1 Å². The van der Waals surface area contributed by atoms with Crippen LogP contribution in [0.2, 0.25) is 15.5 Å². The zero-order chi connectivity index (χ0) is 29.3. The van der Waals surface area contributed by atoms with Crippen molar-refractivity contribution in [1.82, 2.24) is 9.97 Å². The number of halogens is 7. The second-order valence-corrected chi connectivity index (χ2v) is 8.69. The number of nitrogens with zero attached hydrogens (tertiary/aromatic N) is 4. The standard InChI is InChI=1S/C13H8ClF2N3.C7H8FN.C6HCl2FN2/c1-7-2-3-9(15)11(4-7)18-13-10(16)5-8(6-17)12(14)19-13;1-5-2-3-6(8)7(9)4-5;7-5-3(2-10)1-4(9)6(8)11-5/h2-5H,1H3,(H,18,19);2-4H,9H2,1H3;1H. The first-order valence-electron chi connectivity index (χ1n) is 10.6. The maximum Gasteiger partial charge on any atom is 0.168 e. The summed E-state index contributed by atoms with van der Waals surface area (Å²) in [5.41, 5.74) is 7.25. The second kappa shape index (κ2) is 14.2. The molecule has 0 saturated carbocycles. The lowest BCUT2D eigenvalue weighted by atomic mass is 10.2. The van der Waals surface area contributed by atoms with Gasteiger partial charge in [0, 0.05) is 0 Å². The van der Waals surface area contributed by atoms with Crippen molar-refractivity contribution in [2.75, 3.05) is 11.1 Å². The van der Waals surface area contributed by atoms with E-state index in [4.69, 9.17) is 51.1 Å². The summed E-state index contributed by atoms with van der Waals surface area (Å²) in [4.78, 5) is 7.08. The molecule has 3 N–H and O–H groups in total. The third-order valence-electron chi connectivity index (χ3n) is 4.58. The summed E-state index contributed by atoms with van der Waals surface area (Å²) < 4.78 is 52.1. The van der Waals surface area contributed by atoms with Crippen molar-refractivity contribution in [2.24, 2.45) is 0 Å². The highest BCUT2D eigenvalue weighted by Gasteiger charge is 2.12. The molecule has 0 radical (unpaired) electrons. The van der Waals surface area contributed by atoms with Crippen LogP contribution in [-0.2, 0) is 0 Å². The van der Waals surface area contributed by atoms with Gasteiger partial charge in [0.05, 0.1) is 22.5 Å². The highest BCUT2D eigenvalue weighted by molar-refractivity contribution is 6.33. The number of nitrogens with one attached hydrogen (secondary N) is 1. The molecule has 0 fully saturated rings. The molecular formula is C26H17Cl3F4N6. The van der Waals surface area contributed by atoms with Gasteiger partial charge in [-0.05, 0) is 61.4 Å². The predicted octanol–water partition coefficient (Wildman–Crippen LogP) is 8.05. The van der Waals surface area contributed by atoms with E-state index in [1.54, 1.807) is 37.3 Å². The van der Waals surface area contributed by atoms with Gasteiger partial charge in [0.15, 0.2) is 22.6 Å². The number of rotatable bonds is 2. The molecule has 0 aliphatic rings. The number of pyridine rings is 2. The molecule has 2 aromatic heterocycles. The number of aromatic nitrogens is 2. The van der Waals surface area contributed by atoms with Crippen LogP contribution in [0.5, 0.6) is 0 Å². The number of nitrogen functional groups attached to an aromatic ring is 1. The highest BCUT2D eigenvalue weighted by Crippen LogP contribution is 2.25. The largest absolute Gasteiger partial charge is 0.396 e. The van der Waals surface area contributed by atoms with E-state index in [0.717, 1.165) is 23.3 Å². The quantitative estimate of drug-likeness (QED) is 0.138. The van der Waals surface area contributed by atoms with Crippen LogP contribution in [-0.4, -0.2) is 9.97 Å². The molecule has 4 aromatic rings. The lowest BCUT2D eigenvalue weighted by Crippen LogP contribution is -2.01. The zero-order valence-corrected chi connectivity index (χ0v) is 22.4. The lowest BCUT2D eigenvalue weighted by molar-refractivity contribution is 0.620. The third kappa shape index (κ3) is 9.01. The molecule has 0 bridgehead atoms. The second-order valence-electron chi connectivity index (χ2n) is 7.61. The molecule has 0 aliphatic carbocycles. The molecule has 13 heteroatoms. The summed E-state index contributed by atoms with van der Waals surface area (Å²) in [6, 6.07) is 14.3. The van der Waals surface area contributed by atoms with E-state index in [-0.39, 0.29) is 49.6 Å². The van der Waals surface area contributed by atoms with Gasteiger partial charge in [-0.1, -0.05) is 46.9 Å². The first-order chi connectivity index (χ1) is 18.4. The van der Waals surface area contributed by atoms with Crippen LogP contribution >= 0.6 is 34.8 Å². The van der Waals surface area contributed by atoms with Gasteiger partial charge in [0.2, 0.25) is 0 Å². The zero-order valence-electron chi connectivity index (χ0n) is 20.1. The van der Waals surface area contributed by atoms with Gasteiger partial charge in [-0.15, -0.1) is 0 Å². The van der Waals surface area contributed by atoms with Crippen LogP contribution in [0.3, 0.4) is 0 Å². The van der Waals surface area contributed by atoms with E-state index in [2.05, 4.69) is 15.3 Å². The maximum absolute atomic E-state index is 13.7. The fourth-order valence-corrected chi connectivity index (χ4v) is 3.23. The smallest absolute Gasteiger partial charge is 0.168 e. The number of anilines is 3. The van der Waals surface area contributed by atoms with Crippen molar-refractivity contribution >= 4 is 52.0 Å². The van der Waals surface area contributed by atoms with E-state index < -0.39 is 17.5 Å². The molecule has 6 nitrogen and oxygen atoms in total. The summed E-state index contributed by atoms with van der Waals surface area (Å²) in [5, 5.41) is 19.0. The molecule has 0 atom stereocenters. The topological polar surface area (TPSA) is 111 Å². The molecular weight excluding hydrogens is 579 g/mol. The first kappa shape index (κ1) is 31.1. The monoisotopic (exact) mass is 594 g/mol. The number of nitrogens with two attached hydrogens (primary N) is 1. The lowest BCUT2D eigenvalue weighted by Gasteiger charge is -2.09. The first-order valence-corrected chi connectivity index (χ1v) is 11.7. The van der Waals surface area contributed by atoms with Crippen LogP contribution in [0, 0.1) is 59.8 Å². The Morgan fingerprint density at radius 1 is 0.692 bits per heavy atom. The van der Waals surface area contributed by atoms with Crippen molar-refractivity contribution in [3.05, 3.63) is 110 Å². The van der Waals surface area contributed by atoms with E-state index in [9.17, 15) is 17.6 Å². The number of hydrogen-bond donors (Lipinski definition) is 2. The summed E-state index contributed by atoms with van der Waals surface area (Å²) in [5.74, 6) is -2.63. The van der Waals surface area contributed by atoms with Crippen LogP contribution in [0.25, 0.3) is 0 Å². The fraction of sp³-hybridized carbons (Fsp3) is 0.0769. The van der Waals surface area contributed by atoms with Gasteiger partial charge in [-0.3, -0.25) is 0 Å². The minimum absolute atomic E-state index is 0.0198. The van der Waals surface area contributed by atoms with Crippen LogP contribution in [0.4, 0.5) is 34.8 Å². The molecule has 2 heterocycles. The summed E-state index contributed by atoms with van der Waals surface area (Å²) >= 11 is 16.4. The molecule has 2 aromatic carbocycles. The number of hydrogen-bond acceptors (Lipinski definition) is 6. The molecule has 0 amide bonds. The minimum Gasteiger partial charge on any atom is -0.396 e. The Hall–Kier alpha value is -4.09. The highest BCUT2D eigenvalue weighted by atomic mass is 35.5. The Morgan fingerprint density at radius 2 is 1.21 bits per heavy atom. The molecule has 0 spiro atoms. The Morgan fingerprint density at radius 3 is 1.74 bits per heavy atom. The van der Waals surface area contributed by atoms with E-state index in [1.165, 1.54) is 18.2 Å². The molecule has 0 saturated heterocycles. The van der Waals surface area contributed by atoms with Gasteiger partial charge in [0.25, 0.3) is 0 Å². The predicted molar refractivity (Wildman–Crippen MR) is 143 cm³/mol. The fourth-order valence-electron chi connectivity index (χ4n) is 2.68. The van der Waals surface area contributed by atoms with Gasteiger partial charge < -0.3 is 11.1 Å². The SMILES string of the molecule is Cc1ccc(F)c(N)c1.Cc1ccc(F)c(Nc2nc(Cl)c(C#N)cc2F)c1.N#Cc1cc(F)c(Cl)nc1Cl. The van der Waals surface area contributed by atoms with Crippen molar-refractivity contribution in [2.45, 2.75) is 13.8 Å². The Labute approximate surface area is 236 Å². The minimum atomic E-state index is -0.776. The Balaban J connectivity index is 0.000000226. The molecule has 39 heavy (non-hydrogen) atoms. The Bertz CT molecular complexity index is 1590. The van der Waals surface area contributed by atoms with Crippen LogP contribution < -0.4 is 11.1 Å². The average molecular weight is 596 g/mol.